The maximum Gasteiger partial charge on any atom is 0.321 e. The van der Waals surface area contributed by atoms with Gasteiger partial charge in [-0.3, -0.25) is 4.79 Å². The van der Waals surface area contributed by atoms with Gasteiger partial charge in [-0.1, -0.05) is 0 Å². The second-order valence-electron chi connectivity index (χ2n) is 10.4. The number of urea groups is 1. The van der Waals surface area contributed by atoms with Crippen LogP contribution in [0.15, 0.2) is 36.9 Å². The van der Waals surface area contributed by atoms with Crippen molar-refractivity contribution >= 4 is 34.5 Å². The van der Waals surface area contributed by atoms with E-state index < -0.39 is 0 Å². The summed E-state index contributed by atoms with van der Waals surface area (Å²) >= 11 is 0. The van der Waals surface area contributed by atoms with E-state index in [0.717, 1.165) is 67.2 Å². The van der Waals surface area contributed by atoms with Crippen LogP contribution in [0.4, 0.5) is 16.4 Å². The van der Waals surface area contributed by atoms with Gasteiger partial charge >= 0.3 is 6.03 Å². The molecule has 3 aromatic rings. The van der Waals surface area contributed by atoms with E-state index in [1.807, 2.05) is 28.0 Å². The maximum absolute atomic E-state index is 12.9. The predicted molar refractivity (Wildman–Crippen MR) is 147 cm³/mol. The summed E-state index contributed by atoms with van der Waals surface area (Å²) in [5.41, 5.74) is 2.46. The lowest BCUT2D eigenvalue weighted by Gasteiger charge is -2.32. The number of hydrogen-bond acceptors (Lipinski definition) is 8. The van der Waals surface area contributed by atoms with Gasteiger partial charge in [0, 0.05) is 56.5 Å². The molecule has 204 valence electrons. The van der Waals surface area contributed by atoms with Gasteiger partial charge in [-0.2, -0.15) is 0 Å². The monoisotopic (exact) mass is 530 g/mol. The van der Waals surface area contributed by atoms with Crippen LogP contribution in [0, 0.1) is 0 Å². The SMILES string of the molecule is O=C1CCCN1CCOc1ccc2c(C3CCN(C(=O)Nc4cnc(N5CCCC5)nc4)CC3)ncnc2c1. The molecule has 1 N–H and O–H groups in total. The topological polar surface area (TPSA) is 117 Å². The molecule has 11 heteroatoms. The van der Waals surface area contributed by atoms with Crippen LogP contribution in [-0.2, 0) is 4.79 Å². The number of rotatable bonds is 7. The van der Waals surface area contributed by atoms with Crippen LogP contribution in [0.5, 0.6) is 5.75 Å². The smallest absolute Gasteiger partial charge is 0.321 e. The summed E-state index contributed by atoms with van der Waals surface area (Å²) in [6, 6.07) is 5.77. The molecule has 0 saturated carbocycles. The fourth-order valence-corrected chi connectivity index (χ4v) is 5.71. The highest BCUT2D eigenvalue weighted by Crippen LogP contribution is 2.32. The number of piperidine rings is 1. The number of nitrogens with one attached hydrogen (secondary N) is 1. The lowest BCUT2D eigenvalue weighted by atomic mass is 9.91. The molecule has 6 rings (SSSR count). The van der Waals surface area contributed by atoms with Gasteiger partial charge in [-0.05, 0) is 44.2 Å². The van der Waals surface area contributed by atoms with Gasteiger partial charge in [0.25, 0.3) is 0 Å². The highest BCUT2D eigenvalue weighted by molar-refractivity contribution is 5.89. The average Bonchev–Trinajstić information content (AvgIpc) is 3.65. The predicted octanol–water partition coefficient (Wildman–Crippen LogP) is 3.43. The summed E-state index contributed by atoms with van der Waals surface area (Å²) in [7, 11) is 0. The van der Waals surface area contributed by atoms with Crippen LogP contribution < -0.4 is 15.0 Å². The fourth-order valence-electron chi connectivity index (χ4n) is 5.71. The van der Waals surface area contributed by atoms with Crippen molar-refractivity contribution in [1.29, 1.82) is 0 Å². The zero-order chi connectivity index (χ0) is 26.6. The van der Waals surface area contributed by atoms with E-state index in [-0.39, 0.29) is 17.9 Å². The summed E-state index contributed by atoms with van der Waals surface area (Å²) in [5.74, 6) is 1.91. The number of hydrogen-bond donors (Lipinski definition) is 1. The number of carbonyl (C=O) groups is 2. The third kappa shape index (κ3) is 5.71. The molecule has 3 fully saturated rings. The molecule has 1 aromatic carbocycles. The summed E-state index contributed by atoms with van der Waals surface area (Å²) in [4.78, 5) is 48.5. The van der Waals surface area contributed by atoms with Crippen molar-refractivity contribution in [3.8, 4) is 5.75 Å². The van der Waals surface area contributed by atoms with E-state index in [4.69, 9.17) is 4.74 Å². The van der Waals surface area contributed by atoms with E-state index in [1.165, 1.54) is 12.8 Å². The van der Waals surface area contributed by atoms with E-state index in [2.05, 4.69) is 30.2 Å². The molecule has 0 aliphatic carbocycles. The number of ether oxygens (including phenoxy) is 1. The van der Waals surface area contributed by atoms with Gasteiger partial charge in [0.15, 0.2) is 0 Å². The van der Waals surface area contributed by atoms with Gasteiger partial charge in [0.05, 0.1) is 35.8 Å². The van der Waals surface area contributed by atoms with Gasteiger partial charge in [-0.25, -0.2) is 24.7 Å². The van der Waals surface area contributed by atoms with E-state index >= 15 is 0 Å². The van der Waals surface area contributed by atoms with E-state index in [0.29, 0.717) is 38.3 Å². The second-order valence-corrected chi connectivity index (χ2v) is 10.4. The van der Waals surface area contributed by atoms with Crippen LogP contribution in [0.3, 0.4) is 0 Å². The first kappa shape index (κ1) is 25.3. The Hall–Kier alpha value is -4.02. The quantitative estimate of drug-likeness (QED) is 0.494. The van der Waals surface area contributed by atoms with Gasteiger partial charge in [0.1, 0.15) is 18.7 Å². The Labute approximate surface area is 227 Å². The van der Waals surface area contributed by atoms with Crippen molar-refractivity contribution < 1.29 is 14.3 Å². The maximum atomic E-state index is 12.9. The van der Waals surface area contributed by atoms with Gasteiger partial charge in [-0.15, -0.1) is 0 Å². The highest BCUT2D eigenvalue weighted by atomic mass is 16.5. The number of carbonyl (C=O) groups excluding carboxylic acids is 2. The van der Waals surface area contributed by atoms with Crippen molar-refractivity contribution in [3.63, 3.8) is 0 Å². The number of anilines is 2. The number of aromatic nitrogens is 4. The van der Waals surface area contributed by atoms with Crippen LogP contribution in [0.1, 0.15) is 50.1 Å². The van der Waals surface area contributed by atoms with E-state index in [9.17, 15) is 9.59 Å². The molecular formula is C28H34N8O3. The summed E-state index contributed by atoms with van der Waals surface area (Å²) < 4.78 is 5.91. The first-order valence-electron chi connectivity index (χ1n) is 13.9. The molecule has 3 saturated heterocycles. The fraction of sp³-hybridized carbons (Fsp3) is 0.500. The molecule has 2 aromatic heterocycles. The minimum Gasteiger partial charge on any atom is -0.492 e. The third-order valence-corrected chi connectivity index (χ3v) is 7.89. The van der Waals surface area contributed by atoms with Gasteiger partial charge < -0.3 is 24.8 Å². The standard InChI is InChI=1S/C28H34N8O3/c37-25-4-3-11-34(25)14-15-39-22-5-6-23-24(16-22)31-19-32-26(23)20-7-12-36(13-8-20)28(38)33-21-17-29-27(30-18-21)35-9-1-2-10-35/h5-6,16-20H,1-4,7-15H2,(H,33,38). The molecule has 0 atom stereocenters. The molecule has 39 heavy (non-hydrogen) atoms. The summed E-state index contributed by atoms with van der Waals surface area (Å²) in [6.07, 6.45) is 10.5. The molecule has 0 radical (unpaired) electrons. The van der Waals surface area contributed by atoms with Crippen LogP contribution >= 0.6 is 0 Å². The van der Waals surface area contributed by atoms with E-state index in [1.54, 1.807) is 18.7 Å². The molecule has 0 unspecified atom stereocenters. The summed E-state index contributed by atoms with van der Waals surface area (Å²) in [6.45, 7) is 5.14. The molecular weight excluding hydrogens is 496 g/mol. The Morgan fingerprint density at radius 3 is 2.51 bits per heavy atom. The van der Waals surface area contributed by atoms with Crippen molar-refractivity contribution in [3.05, 3.63) is 42.6 Å². The molecule has 11 nitrogen and oxygen atoms in total. The number of amides is 3. The highest BCUT2D eigenvalue weighted by Gasteiger charge is 2.26. The third-order valence-electron chi connectivity index (χ3n) is 7.89. The van der Waals surface area contributed by atoms with Crippen molar-refractivity contribution in [2.75, 3.05) is 56.1 Å². The number of nitrogens with zero attached hydrogens (tertiary/aromatic N) is 7. The lowest BCUT2D eigenvalue weighted by molar-refractivity contribution is -0.128. The number of fused-ring (bicyclic) bond motifs is 1. The number of benzene rings is 1. The minimum atomic E-state index is -0.129. The zero-order valence-corrected chi connectivity index (χ0v) is 22.1. The molecule has 3 amide bonds. The minimum absolute atomic E-state index is 0.129. The van der Waals surface area contributed by atoms with Crippen molar-refractivity contribution in [2.45, 2.75) is 44.4 Å². The van der Waals surface area contributed by atoms with Crippen LogP contribution in [-0.4, -0.2) is 87.5 Å². The van der Waals surface area contributed by atoms with Crippen LogP contribution in [0.2, 0.25) is 0 Å². The molecule has 0 bridgehead atoms. The second kappa shape index (κ2) is 11.4. The first-order chi connectivity index (χ1) is 19.1. The lowest BCUT2D eigenvalue weighted by Crippen LogP contribution is -2.40. The Morgan fingerprint density at radius 1 is 0.974 bits per heavy atom. The molecule has 3 aliphatic rings. The average molecular weight is 531 g/mol. The molecule has 0 spiro atoms. The first-order valence-corrected chi connectivity index (χ1v) is 13.9. The summed E-state index contributed by atoms with van der Waals surface area (Å²) in [5, 5.41) is 3.95. The largest absolute Gasteiger partial charge is 0.492 e. The Bertz CT molecular complexity index is 1320. The van der Waals surface area contributed by atoms with Gasteiger partial charge in [0.2, 0.25) is 11.9 Å². The van der Waals surface area contributed by atoms with Crippen molar-refractivity contribution in [1.82, 2.24) is 29.7 Å². The Balaban J connectivity index is 1.03. The zero-order valence-electron chi connectivity index (χ0n) is 22.1. The van der Waals surface area contributed by atoms with Crippen molar-refractivity contribution in [2.24, 2.45) is 0 Å². The molecule has 3 aliphatic heterocycles. The molecule has 5 heterocycles. The normalized spacial score (nSPS) is 18.3. The Kier molecular flexibility index (Phi) is 7.38. The Morgan fingerprint density at radius 2 is 1.77 bits per heavy atom. The number of likely N-dealkylation sites (tertiary alicyclic amines) is 2. The van der Waals surface area contributed by atoms with Crippen LogP contribution in [0.25, 0.3) is 10.9 Å².